The van der Waals surface area contributed by atoms with Crippen molar-refractivity contribution in [2.75, 3.05) is 50.9 Å². The van der Waals surface area contributed by atoms with Crippen LogP contribution in [0.2, 0.25) is 0 Å². The Morgan fingerprint density at radius 1 is 1.19 bits per heavy atom. The van der Waals surface area contributed by atoms with E-state index in [1.165, 1.54) is 17.7 Å². The quantitative estimate of drug-likeness (QED) is 0.783. The second-order valence-electron chi connectivity index (χ2n) is 5.44. The molecule has 21 heavy (non-hydrogen) atoms. The standard InChI is InChI=1S/C17H28N2O2/c1-3-20-12-5-13-21-17-7-6-16(14-15(17)2)19-10-4-8-18-9-11-19/h6-7,14,18H,3-5,8-13H2,1-2H3. The number of anilines is 1. The molecule has 0 radical (unpaired) electrons. The van der Waals surface area contributed by atoms with Gasteiger partial charge in [-0.05, 0) is 50.6 Å². The molecule has 1 aromatic rings. The van der Waals surface area contributed by atoms with Crippen LogP contribution in [0, 0.1) is 6.92 Å². The molecule has 0 unspecified atom stereocenters. The van der Waals surface area contributed by atoms with E-state index >= 15 is 0 Å². The highest BCUT2D eigenvalue weighted by atomic mass is 16.5. The Morgan fingerprint density at radius 3 is 2.90 bits per heavy atom. The monoisotopic (exact) mass is 292 g/mol. The van der Waals surface area contributed by atoms with Crippen LogP contribution in [0.1, 0.15) is 25.3 Å². The average molecular weight is 292 g/mol. The average Bonchev–Trinajstić information content (AvgIpc) is 2.77. The van der Waals surface area contributed by atoms with Crippen LogP contribution in [0.4, 0.5) is 5.69 Å². The summed E-state index contributed by atoms with van der Waals surface area (Å²) < 4.78 is 11.2. The predicted molar refractivity (Wildman–Crippen MR) is 87.5 cm³/mol. The first-order chi connectivity index (χ1) is 10.3. The first kappa shape index (κ1) is 16.1. The fraction of sp³-hybridized carbons (Fsp3) is 0.647. The van der Waals surface area contributed by atoms with Crippen molar-refractivity contribution < 1.29 is 9.47 Å². The summed E-state index contributed by atoms with van der Waals surface area (Å²) >= 11 is 0. The summed E-state index contributed by atoms with van der Waals surface area (Å²) in [6.45, 7) is 10.8. The minimum absolute atomic E-state index is 0.716. The van der Waals surface area contributed by atoms with Crippen LogP contribution in [0.5, 0.6) is 5.75 Å². The highest BCUT2D eigenvalue weighted by Crippen LogP contribution is 2.25. The van der Waals surface area contributed by atoms with Crippen LogP contribution in [0.3, 0.4) is 0 Å². The van der Waals surface area contributed by atoms with Gasteiger partial charge in [0, 0.05) is 45.0 Å². The normalized spacial score (nSPS) is 15.8. The lowest BCUT2D eigenvalue weighted by molar-refractivity contribution is 0.130. The molecule has 1 aliphatic rings. The molecule has 0 spiro atoms. The van der Waals surface area contributed by atoms with Crippen molar-refractivity contribution in [2.45, 2.75) is 26.7 Å². The summed E-state index contributed by atoms with van der Waals surface area (Å²) in [5.74, 6) is 0.989. The summed E-state index contributed by atoms with van der Waals surface area (Å²) in [6, 6.07) is 6.52. The van der Waals surface area contributed by atoms with Gasteiger partial charge in [-0.2, -0.15) is 0 Å². The number of hydrogen-bond donors (Lipinski definition) is 1. The van der Waals surface area contributed by atoms with Gasteiger partial charge in [0.1, 0.15) is 5.75 Å². The number of nitrogens with one attached hydrogen (secondary N) is 1. The Kier molecular flexibility index (Phi) is 6.83. The zero-order valence-electron chi connectivity index (χ0n) is 13.4. The zero-order valence-corrected chi connectivity index (χ0v) is 13.4. The molecule has 118 valence electrons. The number of hydrogen-bond acceptors (Lipinski definition) is 4. The Morgan fingerprint density at radius 2 is 2.10 bits per heavy atom. The molecule has 1 heterocycles. The first-order valence-electron chi connectivity index (χ1n) is 8.08. The van der Waals surface area contributed by atoms with Crippen LogP contribution >= 0.6 is 0 Å². The van der Waals surface area contributed by atoms with Gasteiger partial charge < -0.3 is 19.7 Å². The number of rotatable bonds is 7. The SMILES string of the molecule is CCOCCCOc1ccc(N2CCCNCC2)cc1C. The van der Waals surface area contributed by atoms with E-state index in [9.17, 15) is 0 Å². The molecule has 1 aromatic carbocycles. The third-order valence-electron chi connectivity index (χ3n) is 3.76. The summed E-state index contributed by atoms with van der Waals surface area (Å²) in [6.07, 6.45) is 2.14. The Hall–Kier alpha value is -1.26. The van der Waals surface area contributed by atoms with Gasteiger partial charge in [-0.15, -0.1) is 0 Å². The van der Waals surface area contributed by atoms with E-state index in [2.05, 4.69) is 35.3 Å². The minimum atomic E-state index is 0.716. The summed E-state index contributed by atoms with van der Waals surface area (Å²) in [5, 5.41) is 3.44. The van der Waals surface area contributed by atoms with Crippen molar-refractivity contribution in [3.8, 4) is 5.75 Å². The number of aryl methyl sites for hydroxylation is 1. The number of ether oxygens (including phenoxy) is 2. The highest BCUT2D eigenvalue weighted by molar-refractivity contribution is 5.53. The van der Waals surface area contributed by atoms with Gasteiger partial charge in [0.15, 0.2) is 0 Å². The highest BCUT2D eigenvalue weighted by Gasteiger charge is 2.10. The van der Waals surface area contributed by atoms with Crippen LogP contribution in [0.25, 0.3) is 0 Å². The van der Waals surface area contributed by atoms with E-state index in [1.807, 2.05) is 6.92 Å². The molecule has 1 fully saturated rings. The Labute approximate surface area is 128 Å². The van der Waals surface area contributed by atoms with E-state index < -0.39 is 0 Å². The molecular weight excluding hydrogens is 264 g/mol. The molecule has 0 aliphatic carbocycles. The molecule has 0 saturated carbocycles. The minimum Gasteiger partial charge on any atom is -0.493 e. The maximum atomic E-state index is 5.84. The molecule has 1 saturated heterocycles. The van der Waals surface area contributed by atoms with E-state index in [1.54, 1.807) is 0 Å². The Bertz CT molecular complexity index is 415. The fourth-order valence-corrected chi connectivity index (χ4v) is 2.58. The van der Waals surface area contributed by atoms with Crippen LogP contribution in [-0.4, -0.2) is 46.0 Å². The smallest absolute Gasteiger partial charge is 0.122 e. The van der Waals surface area contributed by atoms with Crippen LogP contribution < -0.4 is 15.0 Å². The lowest BCUT2D eigenvalue weighted by Gasteiger charge is -2.23. The van der Waals surface area contributed by atoms with E-state index in [4.69, 9.17) is 9.47 Å². The fourth-order valence-electron chi connectivity index (χ4n) is 2.58. The zero-order chi connectivity index (χ0) is 14.9. The van der Waals surface area contributed by atoms with Gasteiger partial charge in [0.2, 0.25) is 0 Å². The second-order valence-corrected chi connectivity index (χ2v) is 5.44. The molecule has 0 bridgehead atoms. The molecular formula is C17H28N2O2. The Balaban J connectivity index is 1.87. The van der Waals surface area contributed by atoms with Crippen LogP contribution in [0.15, 0.2) is 18.2 Å². The number of benzene rings is 1. The summed E-state index contributed by atoms with van der Waals surface area (Å²) in [5.41, 5.74) is 2.51. The lowest BCUT2D eigenvalue weighted by atomic mass is 10.2. The van der Waals surface area contributed by atoms with Crippen molar-refractivity contribution in [3.05, 3.63) is 23.8 Å². The topological polar surface area (TPSA) is 33.7 Å². The van der Waals surface area contributed by atoms with Crippen molar-refractivity contribution in [1.82, 2.24) is 5.32 Å². The van der Waals surface area contributed by atoms with E-state index in [0.29, 0.717) is 6.61 Å². The largest absolute Gasteiger partial charge is 0.493 e. The van der Waals surface area contributed by atoms with Gasteiger partial charge in [0.25, 0.3) is 0 Å². The number of nitrogens with zero attached hydrogens (tertiary/aromatic N) is 1. The molecule has 2 rings (SSSR count). The van der Waals surface area contributed by atoms with Crippen LogP contribution in [-0.2, 0) is 4.74 Å². The van der Waals surface area contributed by atoms with Gasteiger partial charge in [-0.3, -0.25) is 0 Å². The van der Waals surface area contributed by atoms with E-state index in [-0.39, 0.29) is 0 Å². The molecule has 4 heteroatoms. The molecule has 0 amide bonds. The van der Waals surface area contributed by atoms with Gasteiger partial charge in [-0.25, -0.2) is 0 Å². The molecule has 1 N–H and O–H groups in total. The second kappa shape index (κ2) is 8.90. The molecule has 0 atom stereocenters. The van der Waals surface area contributed by atoms with Crippen molar-refractivity contribution in [1.29, 1.82) is 0 Å². The molecule has 1 aliphatic heterocycles. The van der Waals surface area contributed by atoms with Gasteiger partial charge in [-0.1, -0.05) is 0 Å². The van der Waals surface area contributed by atoms with Crippen molar-refractivity contribution >= 4 is 5.69 Å². The maximum Gasteiger partial charge on any atom is 0.122 e. The van der Waals surface area contributed by atoms with Gasteiger partial charge in [0.05, 0.1) is 6.61 Å². The molecule has 4 nitrogen and oxygen atoms in total. The molecule has 0 aromatic heterocycles. The van der Waals surface area contributed by atoms with Crippen molar-refractivity contribution in [2.24, 2.45) is 0 Å². The maximum absolute atomic E-state index is 5.84. The lowest BCUT2D eigenvalue weighted by Crippen LogP contribution is -2.27. The summed E-state index contributed by atoms with van der Waals surface area (Å²) in [7, 11) is 0. The predicted octanol–water partition coefficient (Wildman–Crippen LogP) is 2.60. The summed E-state index contributed by atoms with van der Waals surface area (Å²) in [4.78, 5) is 2.45. The first-order valence-corrected chi connectivity index (χ1v) is 8.08. The third-order valence-corrected chi connectivity index (χ3v) is 3.76. The van der Waals surface area contributed by atoms with Gasteiger partial charge >= 0.3 is 0 Å². The third kappa shape index (κ3) is 5.21. The van der Waals surface area contributed by atoms with E-state index in [0.717, 1.165) is 51.6 Å². The van der Waals surface area contributed by atoms with Crippen molar-refractivity contribution in [3.63, 3.8) is 0 Å².